The first-order valence-electron chi connectivity index (χ1n) is 10.4. The second kappa shape index (κ2) is 21.1. The molecule has 0 aromatic carbocycles. The van der Waals surface area contributed by atoms with E-state index in [0.29, 0.717) is 5.75 Å². The van der Waals surface area contributed by atoms with Crippen molar-refractivity contribution >= 4 is 11.8 Å². The van der Waals surface area contributed by atoms with Gasteiger partial charge in [-0.25, -0.2) is 0 Å². The molecule has 0 radical (unpaired) electrons. The van der Waals surface area contributed by atoms with Crippen LogP contribution in [0.15, 0.2) is 11.5 Å². The van der Waals surface area contributed by atoms with E-state index >= 15 is 0 Å². The highest BCUT2D eigenvalue weighted by Crippen LogP contribution is 2.13. The van der Waals surface area contributed by atoms with Gasteiger partial charge >= 0.3 is 0 Å². The Morgan fingerprint density at radius 2 is 1.21 bits per heavy atom. The molecule has 0 aliphatic carbocycles. The fraction of sp³-hybridized carbons (Fsp3) is 0.905. The van der Waals surface area contributed by atoms with Crippen LogP contribution in [-0.4, -0.2) is 28.7 Å². The third kappa shape index (κ3) is 20.1. The van der Waals surface area contributed by atoms with Gasteiger partial charge in [0.05, 0.1) is 12.7 Å². The van der Waals surface area contributed by atoms with Gasteiger partial charge in [-0.2, -0.15) is 0 Å². The lowest BCUT2D eigenvalue weighted by Crippen LogP contribution is -2.13. The van der Waals surface area contributed by atoms with E-state index in [1.165, 1.54) is 89.9 Å². The molecular weight excluding hydrogens is 316 g/mol. The molecule has 0 heterocycles. The van der Waals surface area contributed by atoms with Crippen LogP contribution in [0.2, 0.25) is 0 Å². The van der Waals surface area contributed by atoms with E-state index in [1.54, 1.807) is 11.8 Å². The quantitative estimate of drug-likeness (QED) is 0.260. The van der Waals surface area contributed by atoms with Crippen molar-refractivity contribution in [2.75, 3.05) is 12.4 Å². The first-order valence-corrected chi connectivity index (χ1v) is 11.4. The standard InChI is InChI=1S/C21H42O2S/c1-2-3-4-5-6-7-8-9-10-11-12-13-14-15-16-17-18-24-20-21(23)19-22/h17-18,21-23H,2-16,19-20H2,1H3. The summed E-state index contributed by atoms with van der Waals surface area (Å²) < 4.78 is 0. The second-order valence-electron chi connectivity index (χ2n) is 6.93. The Labute approximate surface area is 155 Å². The lowest BCUT2D eigenvalue weighted by Gasteiger charge is -2.03. The number of allylic oxidation sites excluding steroid dienone is 1. The summed E-state index contributed by atoms with van der Waals surface area (Å²) in [4.78, 5) is 0. The molecule has 2 N–H and O–H groups in total. The van der Waals surface area contributed by atoms with Gasteiger partial charge in [-0.15, -0.1) is 11.8 Å². The van der Waals surface area contributed by atoms with Crippen molar-refractivity contribution in [3.8, 4) is 0 Å². The zero-order chi connectivity index (χ0) is 17.7. The van der Waals surface area contributed by atoms with Crippen LogP contribution < -0.4 is 0 Å². The van der Waals surface area contributed by atoms with Gasteiger partial charge in [0.1, 0.15) is 0 Å². The Hall–Kier alpha value is 0.01000. The molecule has 0 bridgehead atoms. The van der Waals surface area contributed by atoms with E-state index in [1.807, 2.05) is 0 Å². The Balaban J connectivity index is 3.06. The highest BCUT2D eigenvalue weighted by molar-refractivity contribution is 8.02. The van der Waals surface area contributed by atoms with Crippen molar-refractivity contribution in [2.45, 2.75) is 109 Å². The minimum Gasteiger partial charge on any atom is -0.394 e. The van der Waals surface area contributed by atoms with E-state index < -0.39 is 6.10 Å². The zero-order valence-corrected chi connectivity index (χ0v) is 16.9. The lowest BCUT2D eigenvalue weighted by atomic mass is 10.0. The van der Waals surface area contributed by atoms with Crippen molar-refractivity contribution in [2.24, 2.45) is 0 Å². The largest absolute Gasteiger partial charge is 0.394 e. The summed E-state index contributed by atoms with van der Waals surface area (Å²) in [6.07, 6.45) is 22.4. The summed E-state index contributed by atoms with van der Waals surface area (Å²) in [5.74, 6) is 0.589. The Morgan fingerprint density at radius 3 is 1.67 bits per heavy atom. The molecule has 0 aliphatic heterocycles. The number of rotatable bonds is 19. The third-order valence-corrected chi connectivity index (χ3v) is 5.38. The van der Waals surface area contributed by atoms with Crippen LogP contribution >= 0.6 is 11.8 Å². The van der Waals surface area contributed by atoms with Gasteiger partial charge in [0, 0.05) is 5.75 Å². The maximum Gasteiger partial charge on any atom is 0.0864 e. The Bertz CT molecular complexity index is 256. The maximum absolute atomic E-state index is 9.19. The fourth-order valence-electron chi connectivity index (χ4n) is 2.81. The third-order valence-electron chi connectivity index (χ3n) is 4.42. The minimum absolute atomic E-state index is 0.139. The molecule has 1 atom stereocenters. The van der Waals surface area contributed by atoms with Gasteiger partial charge in [0.15, 0.2) is 0 Å². The van der Waals surface area contributed by atoms with Gasteiger partial charge in [-0.3, -0.25) is 0 Å². The van der Waals surface area contributed by atoms with Gasteiger partial charge in [0.25, 0.3) is 0 Å². The van der Waals surface area contributed by atoms with Crippen LogP contribution in [0.4, 0.5) is 0 Å². The van der Waals surface area contributed by atoms with Crippen molar-refractivity contribution < 1.29 is 10.2 Å². The summed E-state index contributed by atoms with van der Waals surface area (Å²) in [5, 5.41) is 19.9. The first-order chi connectivity index (χ1) is 11.8. The molecule has 0 spiro atoms. The van der Waals surface area contributed by atoms with E-state index in [2.05, 4.69) is 18.4 Å². The second-order valence-corrected chi connectivity index (χ2v) is 7.87. The monoisotopic (exact) mass is 358 g/mol. The number of aliphatic hydroxyl groups is 2. The Kier molecular flexibility index (Phi) is 21.1. The molecule has 0 amide bonds. The topological polar surface area (TPSA) is 40.5 Å². The summed E-state index contributed by atoms with van der Waals surface area (Å²) in [5.41, 5.74) is 0. The van der Waals surface area contributed by atoms with Crippen LogP contribution in [0.5, 0.6) is 0 Å². The summed E-state index contributed by atoms with van der Waals surface area (Å²) >= 11 is 1.58. The van der Waals surface area contributed by atoms with E-state index in [-0.39, 0.29) is 6.61 Å². The van der Waals surface area contributed by atoms with Crippen molar-refractivity contribution in [3.05, 3.63) is 11.5 Å². The smallest absolute Gasteiger partial charge is 0.0864 e. The number of unbranched alkanes of at least 4 members (excludes halogenated alkanes) is 14. The van der Waals surface area contributed by atoms with Gasteiger partial charge in [-0.05, 0) is 18.2 Å². The zero-order valence-electron chi connectivity index (χ0n) is 16.1. The molecule has 0 saturated carbocycles. The van der Waals surface area contributed by atoms with Crippen molar-refractivity contribution in [3.63, 3.8) is 0 Å². The van der Waals surface area contributed by atoms with E-state index in [0.717, 1.165) is 6.42 Å². The SMILES string of the molecule is CCCCCCCCCCCCCCCCC=CSCC(O)CO. The highest BCUT2D eigenvalue weighted by Gasteiger charge is 1.98. The van der Waals surface area contributed by atoms with Gasteiger partial charge in [-0.1, -0.05) is 96.5 Å². The van der Waals surface area contributed by atoms with Gasteiger partial charge in [0.2, 0.25) is 0 Å². The minimum atomic E-state index is -0.583. The van der Waals surface area contributed by atoms with E-state index in [9.17, 15) is 5.11 Å². The number of hydrogen-bond donors (Lipinski definition) is 2. The molecule has 3 heteroatoms. The molecule has 0 aromatic rings. The molecule has 0 saturated heterocycles. The number of thioether (sulfide) groups is 1. The molecular formula is C21H42O2S. The van der Waals surface area contributed by atoms with Crippen LogP contribution in [0.3, 0.4) is 0 Å². The van der Waals surface area contributed by atoms with Crippen LogP contribution in [0.1, 0.15) is 103 Å². The fourth-order valence-corrected chi connectivity index (χ4v) is 3.52. The number of aliphatic hydroxyl groups excluding tert-OH is 2. The van der Waals surface area contributed by atoms with Crippen molar-refractivity contribution in [1.82, 2.24) is 0 Å². The Morgan fingerprint density at radius 1 is 0.750 bits per heavy atom. The number of hydrogen-bond acceptors (Lipinski definition) is 3. The normalized spacial score (nSPS) is 13.0. The summed E-state index contributed by atoms with van der Waals surface area (Å²) in [6, 6.07) is 0. The predicted molar refractivity (Wildman–Crippen MR) is 110 cm³/mol. The molecule has 0 aromatic heterocycles. The average molecular weight is 359 g/mol. The molecule has 0 aliphatic rings. The maximum atomic E-state index is 9.19. The molecule has 0 rings (SSSR count). The van der Waals surface area contributed by atoms with Crippen molar-refractivity contribution in [1.29, 1.82) is 0 Å². The first kappa shape index (κ1) is 24.0. The molecule has 0 fully saturated rings. The van der Waals surface area contributed by atoms with Crippen LogP contribution in [0.25, 0.3) is 0 Å². The molecule has 144 valence electrons. The van der Waals surface area contributed by atoms with Crippen LogP contribution in [0, 0.1) is 0 Å². The molecule has 24 heavy (non-hydrogen) atoms. The lowest BCUT2D eigenvalue weighted by molar-refractivity contribution is 0.113. The summed E-state index contributed by atoms with van der Waals surface area (Å²) in [7, 11) is 0. The van der Waals surface area contributed by atoms with Crippen LogP contribution in [-0.2, 0) is 0 Å². The summed E-state index contributed by atoms with van der Waals surface area (Å²) in [6.45, 7) is 2.14. The highest BCUT2D eigenvalue weighted by atomic mass is 32.2. The van der Waals surface area contributed by atoms with E-state index in [4.69, 9.17) is 5.11 Å². The average Bonchev–Trinajstić information content (AvgIpc) is 2.60. The molecule has 1 unspecified atom stereocenters. The molecule has 2 nitrogen and oxygen atoms in total. The predicted octanol–water partition coefficient (Wildman–Crippen LogP) is 6.46. The van der Waals surface area contributed by atoms with Gasteiger partial charge < -0.3 is 10.2 Å².